The summed E-state index contributed by atoms with van der Waals surface area (Å²) in [6.07, 6.45) is -2.05. The number of nitrogens with one attached hydrogen (secondary N) is 1. The van der Waals surface area contributed by atoms with Crippen LogP contribution in [0.4, 0.5) is 13.2 Å². The van der Waals surface area contributed by atoms with Crippen LogP contribution in [0.5, 0.6) is 5.75 Å². The number of piperidine rings is 1. The molecular formula is C26H25F3N4O4S. The molecule has 2 heterocycles. The Balaban J connectivity index is 1.44. The fourth-order valence-corrected chi connectivity index (χ4v) is 5.65. The molecule has 200 valence electrons. The smallest absolute Gasteiger partial charge is 0.406 e. The molecule has 2 aliphatic heterocycles. The fourth-order valence-electron chi connectivity index (χ4n) is 4.47. The van der Waals surface area contributed by atoms with E-state index in [2.05, 4.69) is 21.1 Å². The molecular weight excluding hydrogens is 521 g/mol. The molecule has 1 amide bonds. The van der Waals surface area contributed by atoms with E-state index in [0.717, 1.165) is 34.2 Å². The number of halogens is 3. The second-order valence-electron chi connectivity index (χ2n) is 9.12. The molecule has 2 aromatic carbocycles. The molecule has 0 unspecified atom stereocenters. The number of ether oxygens (including phenoxy) is 1. The quantitative estimate of drug-likeness (QED) is 0.563. The van der Waals surface area contributed by atoms with Crippen molar-refractivity contribution < 1.29 is 31.1 Å². The normalized spacial score (nSPS) is 17.9. The number of carbonyl (C=O) groups is 1. The molecule has 0 aliphatic carbocycles. The average molecular weight is 547 g/mol. The zero-order valence-corrected chi connectivity index (χ0v) is 21.3. The number of nitrogens with zero attached hydrogens (tertiary/aromatic N) is 3. The Morgan fingerprint density at radius 2 is 1.95 bits per heavy atom. The molecule has 2 aliphatic rings. The van der Waals surface area contributed by atoms with Crippen LogP contribution >= 0.6 is 0 Å². The van der Waals surface area contributed by atoms with E-state index in [1.807, 2.05) is 25.1 Å². The van der Waals surface area contributed by atoms with E-state index in [1.54, 1.807) is 0 Å². The first kappa shape index (κ1) is 27.3. The number of aryl methyl sites for hydroxylation is 2. The van der Waals surface area contributed by atoms with Gasteiger partial charge in [-0.05, 0) is 61.1 Å². The van der Waals surface area contributed by atoms with E-state index in [-0.39, 0.29) is 37.3 Å². The molecule has 1 fully saturated rings. The maximum absolute atomic E-state index is 13.0. The monoisotopic (exact) mass is 546 g/mol. The van der Waals surface area contributed by atoms with Gasteiger partial charge in [0, 0.05) is 30.5 Å². The van der Waals surface area contributed by atoms with Gasteiger partial charge >= 0.3 is 6.36 Å². The van der Waals surface area contributed by atoms with Crippen molar-refractivity contribution in [3.8, 4) is 11.8 Å². The average Bonchev–Trinajstić information content (AvgIpc) is 3.17. The summed E-state index contributed by atoms with van der Waals surface area (Å²) in [5, 5.41) is 12.5. The number of aliphatic imine (C=N–C) groups is 1. The van der Waals surface area contributed by atoms with E-state index < -0.39 is 33.6 Å². The van der Waals surface area contributed by atoms with Gasteiger partial charge < -0.3 is 10.1 Å². The molecule has 4 rings (SSSR count). The van der Waals surface area contributed by atoms with Gasteiger partial charge in [-0.2, -0.15) is 9.57 Å². The van der Waals surface area contributed by atoms with Crippen molar-refractivity contribution in [3.63, 3.8) is 0 Å². The maximum atomic E-state index is 13.0. The first-order valence-electron chi connectivity index (χ1n) is 11.8. The molecule has 2 aromatic rings. The topological polar surface area (TPSA) is 112 Å². The van der Waals surface area contributed by atoms with E-state index in [1.165, 1.54) is 22.5 Å². The van der Waals surface area contributed by atoms with Crippen LogP contribution in [0.25, 0.3) is 6.08 Å². The van der Waals surface area contributed by atoms with Crippen LogP contribution in [-0.4, -0.2) is 49.5 Å². The maximum Gasteiger partial charge on any atom is 0.573 e. The zero-order valence-electron chi connectivity index (χ0n) is 20.5. The number of sulfonamides is 1. The Bertz CT molecular complexity index is 1440. The minimum absolute atomic E-state index is 0.0557. The number of alkyl halides is 3. The van der Waals surface area contributed by atoms with E-state index in [4.69, 9.17) is 5.26 Å². The highest BCUT2D eigenvalue weighted by Crippen LogP contribution is 2.33. The molecule has 1 spiro atoms. The second kappa shape index (κ2) is 10.6. The SMILES string of the molecule is Cc1cc(CCC#N)ccc1/C=C/S(=O)(=O)N1CCC2(CC1)N=C(c1cccc(OC(F)(F)F)c1)NC2=O. The summed E-state index contributed by atoms with van der Waals surface area (Å²) in [5.41, 5.74) is 1.69. The molecule has 0 aromatic heterocycles. The number of nitriles is 1. The molecule has 0 saturated carbocycles. The van der Waals surface area contributed by atoms with Crippen LogP contribution < -0.4 is 10.1 Å². The number of benzene rings is 2. The standard InChI is InChI=1S/C26H25F3N4O4S/c1-18-16-19(4-3-12-30)7-8-20(18)9-15-38(35,36)33-13-10-25(11-14-33)24(34)31-23(32-25)21-5-2-6-22(17-21)37-26(27,28)29/h2,5-9,15-17H,3-4,10-11,13-14H2,1H3,(H,31,32,34)/b15-9+. The lowest BCUT2D eigenvalue weighted by Gasteiger charge is -2.34. The van der Waals surface area contributed by atoms with Gasteiger partial charge in [-0.15, -0.1) is 13.2 Å². The molecule has 38 heavy (non-hydrogen) atoms. The van der Waals surface area contributed by atoms with Crippen molar-refractivity contribution in [2.45, 2.75) is 44.5 Å². The highest BCUT2D eigenvalue weighted by Gasteiger charge is 2.47. The summed E-state index contributed by atoms with van der Waals surface area (Å²) in [7, 11) is -3.77. The minimum Gasteiger partial charge on any atom is -0.406 e. The van der Waals surface area contributed by atoms with Crippen LogP contribution in [0.1, 0.15) is 41.5 Å². The third-order valence-electron chi connectivity index (χ3n) is 6.51. The molecule has 0 radical (unpaired) electrons. The van der Waals surface area contributed by atoms with Gasteiger partial charge in [0.1, 0.15) is 17.1 Å². The summed E-state index contributed by atoms with van der Waals surface area (Å²) < 4.78 is 68.9. The van der Waals surface area contributed by atoms with Crippen molar-refractivity contribution in [1.82, 2.24) is 9.62 Å². The van der Waals surface area contributed by atoms with Crippen molar-refractivity contribution in [2.24, 2.45) is 4.99 Å². The number of rotatable bonds is 7. The molecule has 8 nitrogen and oxygen atoms in total. The second-order valence-corrected chi connectivity index (χ2v) is 10.9. The van der Waals surface area contributed by atoms with Crippen molar-refractivity contribution >= 4 is 27.8 Å². The summed E-state index contributed by atoms with van der Waals surface area (Å²) in [5.74, 6) is -0.741. The number of carbonyl (C=O) groups excluding carboxylic acids is 1. The molecule has 1 saturated heterocycles. The lowest BCUT2D eigenvalue weighted by Crippen LogP contribution is -2.50. The summed E-state index contributed by atoms with van der Waals surface area (Å²) in [4.78, 5) is 17.3. The fraction of sp³-hybridized carbons (Fsp3) is 0.346. The van der Waals surface area contributed by atoms with Gasteiger partial charge in [0.2, 0.25) is 10.0 Å². The molecule has 0 bridgehead atoms. The summed E-state index contributed by atoms with van der Waals surface area (Å²) in [6, 6.07) is 12.8. The Hall–Kier alpha value is -3.69. The summed E-state index contributed by atoms with van der Waals surface area (Å²) >= 11 is 0. The number of amides is 1. The third-order valence-corrected chi connectivity index (χ3v) is 8.08. The van der Waals surface area contributed by atoms with Crippen LogP contribution in [0.2, 0.25) is 0 Å². The zero-order chi connectivity index (χ0) is 27.6. The van der Waals surface area contributed by atoms with Crippen LogP contribution in [0, 0.1) is 18.3 Å². The van der Waals surface area contributed by atoms with Gasteiger partial charge in [-0.1, -0.05) is 30.3 Å². The summed E-state index contributed by atoms with van der Waals surface area (Å²) in [6.45, 7) is 1.98. The number of hydrogen-bond acceptors (Lipinski definition) is 6. The Kier molecular flexibility index (Phi) is 7.62. The highest BCUT2D eigenvalue weighted by atomic mass is 32.2. The first-order chi connectivity index (χ1) is 17.9. The lowest BCUT2D eigenvalue weighted by molar-refractivity contribution is -0.274. The van der Waals surface area contributed by atoms with Gasteiger partial charge in [-0.3, -0.25) is 9.79 Å². The van der Waals surface area contributed by atoms with Crippen molar-refractivity contribution in [3.05, 3.63) is 70.1 Å². The van der Waals surface area contributed by atoms with Gasteiger partial charge in [0.25, 0.3) is 5.91 Å². The Labute approximate surface area is 218 Å². The molecule has 1 N–H and O–H groups in total. The largest absolute Gasteiger partial charge is 0.573 e. The highest BCUT2D eigenvalue weighted by molar-refractivity contribution is 7.92. The van der Waals surface area contributed by atoms with Crippen molar-refractivity contribution in [2.75, 3.05) is 13.1 Å². The van der Waals surface area contributed by atoms with Crippen molar-refractivity contribution in [1.29, 1.82) is 5.26 Å². The molecule has 0 atom stereocenters. The van der Waals surface area contributed by atoms with E-state index >= 15 is 0 Å². The molecule has 12 heteroatoms. The first-order valence-corrected chi connectivity index (χ1v) is 13.3. The third kappa shape index (κ3) is 6.23. The van der Waals surface area contributed by atoms with Gasteiger partial charge in [-0.25, -0.2) is 8.42 Å². The number of amidine groups is 1. The van der Waals surface area contributed by atoms with E-state index in [0.29, 0.717) is 12.8 Å². The van der Waals surface area contributed by atoms with E-state index in [9.17, 15) is 26.4 Å². The number of hydrogen-bond donors (Lipinski definition) is 1. The van der Waals surface area contributed by atoms with Crippen LogP contribution in [0.15, 0.2) is 52.9 Å². The minimum atomic E-state index is -4.85. The van der Waals surface area contributed by atoms with Gasteiger partial charge in [0.05, 0.1) is 6.07 Å². The predicted molar refractivity (Wildman–Crippen MR) is 134 cm³/mol. The Morgan fingerprint density at radius 3 is 2.61 bits per heavy atom. The predicted octanol–water partition coefficient (Wildman–Crippen LogP) is 4.06. The van der Waals surface area contributed by atoms with Crippen LogP contribution in [-0.2, 0) is 21.2 Å². The van der Waals surface area contributed by atoms with Crippen LogP contribution in [0.3, 0.4) is 0 Å². The lowest BCUT2D eigenvalue weighted by atomic mass is 9.89. The Morgan fingerprint density at radius 1 is 1.21 bits per heavy atom. The van der Waals surface area contributed by atoms with Gasteiger partial charge in [0.15, 0.2) is 0 Å².